The van der Waals surface area contributed by atoms with Crippen molar-refractivity contribution in [1.29, 1.82) is 0 Å². The lowest BCUT2D eigenvalue weighted by Gasteiger charge is -2.14. The molecule has 1 aliphatic rings. The first-order chi connectivity index (χ1) is 8.56. The Labute approximate surface area is 119 Å². The predicted molar refractivity (Wildman–Crippen MR) is 74.5 cm³/mol. The molecule has 0 spiro atoms. The number of hydrogen-bond donors (Lipinski definition) is 1. The summed E-state index contributed by atoms with van der Waals surface area (Å²) in [4.78, 5) is 24.6. The Hall–Kier alpha value is -0.910. The summed E-state index contributed by atoms with van der Waals surface area (Å²) in [5.41, 5.74) is 0.452. The summed E-state index contributed by atoms with van der Waals surface area (Å²) in [6.07, 6.45) is 0. The highest BCUT2D eigenvalue weighted by Crippen LogP contribution is 2.25. The van der Waals surface area contributed by atoms with Gasteiger partial charge in [-0.3, -0.25) is 9.59 Å². The van der Waals surface area contributed by atoms with Crippen LogP contribution in [0.5, 0.6) is 0 Å². The molecule has 1 aromatic rings. The molecule has 18 heavy (non-hydrogen) atoms. The fourth-order valence-electron chi connectivity index (χ4n) is 1.53. The minimum Gasteiger partial charge on any atom is -0.323 e. The average Bonchev–Trinajstić information content (AvgIpc) is 2.70. The Morgan fingerprint density at radius 3 is 2.89 bits per heavy atom. The molecule has 0 atom stereocenters. The summed E-state index contributed by atoms with van der Waals surface area (Å²) in [6, 6.07) is 4.82. The number of hydrogen-bond acceptors (Lipinski definition) is 3. The van der Waals surface area contributed by atoms with Gasteiger partial charge in [-0.05, 0) is 18.2 Å². The summed E-state index contributed by atoms with van der Waals surface area (Å²) in [5, 5.41) is 3.47. The first kappa shape index (κ1) is 13.5. The van der Waals surface area contributed by atoms with E-state index in [1.807, 2.05) is 0 Å². The lowest BCUT2D eigenvalue weighted by molar-refractivity contribution is -0.116. The van der Waals surface area contributed by atoms with Crippen LogP contribution in [0.15, 0.2) is 18.2 Å². The largest absolute Gasteiger partial charge is 0.323 e. The third kappa shape index (κ3) is 3.31. The average molecular weight is 305 g/mol. The first-order valence-corrected chi connectivity index (χ1v) is 6.97. The van der Waals surface area contributed by atoms with E-state index in [0.29, 0.717) is 22.3 Å². The molecule has 4 nitrogen and oxygen atoms in total. The molecule has 0 bridgehead atoms. The van der Waals surface area contributed by atoms with Gasteiger partial charge in [0.1, 0.15) is 6.54 Å². The van der Waals surface area contributed by atoms with Gasteiger partial charge in [0.15, 0.2) is 0 Å². The number of halogens is 2. The summed E-state index contributed by atoms with van der Waals surface area (Å²) in [5.74, 6) is 0.444. The molecule has 7 heteroatoms. The Bertz CT molecular complexity index is 496. The van der Waals surface area contributed by atoms with Crippen molar-refractivity contribution >= 4 is 51.8 Å². The van der Waals surface area contributed by atoms with Crippen molar-refractivity contribution in [3.63, 3.8) is 0 Å². The monoisotopic (exact) mass is 304 g/mol. The summed E-state index contributed by atoms with van der Waals surface area (Å²) in [6.45, 7) is 0.634. The SMILES string of the molecule is O=C(CN1CCSC1=O)Nc1cc(Cl)ccc1Cl. The molecule has 0 aromatic heterocycles. The maximum atomic E-state index is 11.8. The van der Waals surface area contributed by atoms with Gasteiger partial charge in [-0.15, -0.1) is 0 Å². The van der Waals surface area contributed by atoms with Gasteiger partial charge in [0.05, 0.1) is 10.7 Å². The minimum absolute atomic E-state index is 0.0364. The molecular weight excluding hydrogens is 295 g/mol. The Kier molecular flexibility index (Phi) is 4.37. The molecule has 1 N–H and O–H groups in total. The molecule has 0 aliphatic carbocycles. The van der Waals surface area contributed by atoms with Crippen LogP contribution in [0.25, 0.3) is 0 Å². The number of carbonyl (C=O) groups is 2. The second-order valence-corrected chi connectivity index (χ2v) is 5.60. The molecule has 2 rings (SSSR count). The first-order valence-electron chi connectivity index (χ1n) is 5.23. The van der Waals surface area contributed by atoms with Gasteiger partial charge in [0.2, 0.25) is 5.91 Å². The van der Waals surface area contributed by atoms with Gasteiger partial charge < -0.3 is 10.2 Å². The zero-order chi connectivity index (χ0) is 13.1. The Morgan fingerprint density at radius 2 is 2.22 bits per heavy atom. The van der Waals surface area contributed by atoms with Crippen molar-refractivity contribution < 1.29 is 9.59 Å². The summed E-state index contributed by atoms with van der Waals surface area (Å²) < 4.78 is 0. The van der Waals surface area contributed by atoms with Crippen molar-refractivity contribution in [1.82, 2.24) is 4.90 Å². The van der Waals surface area contributed by atoms with Gasteiger partial charge in [0, 0.05) is 17.3 Å². The smallest absolute Gasteiger partial charge is 0.282 e. The molecule has 0 unspecified atom stereocenters. The summed E-state index contributed by atoms with van der Waals surface area (Å²) >= 11 is 13.0. The number of benzene rings is 1. The van der Waals surface area contributed by atoms with Crippen LogP contribution in [-0.2, 0) is 4.79 Å². The van der Waals surface area contributed by atoms with E-state index < -0.39 is 0 Å². The number of nitrogens with zero attached hydrogens (tertiary/aromatic N) is 1. The van der Waals surface area contributed by atoms with Crippen molar-refractivity contribution in [3.05, 3.63) is 28.2 Å². The zero-order valence-corrected chi connectivity index (χ0v) is 11.6. The number of amides is 2. The number of rotatable bonds is 3. The van der Waals surface area contributed by atoms with E-state index in [4.69, 9.17) is 23.2 Å². The third-order valence-corrected chi connectivity index (χ3v) is 3.84. The lowest BCUT2D eigenvalue weighted by Crippen LogP contribution is -2.33. The maximum Gasteiger partial charge on any atom is 0.282 e. The topological polar surface area (TPSA) is 49.4 Å². The number of thioether (sulfide) groups is 1. The molecule has 1 aliphatic heterocycles. The maximum absolute atomic E-state index is 11.8. The van der Waals surface area contributed by atoms with Gasteiger partial charge >= 0.3 is 0 Å². The van der Waals surface area contributed by atoms with E-state index in [9.17, 15) is 9.59 Å². The normalized spacial score (nSPS) is 15.0. The van der Waals surface area contributed by atoms with E-state index in [2.05, 4.69) is 5.32 Å². The molecular formula is C11H10Cl2N2O2S. The molecule has 2 amide bonds. The van der Waals surface area contributed by atoms with Crippen molar-refractivity contribution in [2.24, 2.45) is 0 Å². The second-order valence-electron chi connectivity index (χ2n) is 3.71. The number of nitrogens with one attached hydrogen (secondary N) is 1. The third-order valence-electron chi connectivity index (χ3n) is 2.38. The molecule has 1 aromatic carbocycles. The van der Waals surface area contributed by atoms with Crippen LogP contribution in [0.1, 0.15) is 0 Å². The fraction of sp³-hybridized carbons (Fsp3) is 0.273. The van der Waals surface area contributed by atoms with Gasteiger partial charge in [-0.2, -0.15) is 0 Å². The predicted octanol–water partition coefficient (Wildman–Crippen LogP) is 3.10. The van der Waals surface area contributed by atoms with Crippen LogP contribution in [0, 0.1) is 0 Å². The summed E-state index contributed by atoms with van der Waals surface area (Å²) in [7, 11) is 0. The lowest BCUT2D eigenvalue weighted by atomic mass is 10.3. The fourth-order valence-corrected chi connectivity index (χ4v) is 2.69. The number of carbonyl (C=O) groups excluding carboxylic acids is 2. The minimum atomic E-state index is -0.282. The van der Waals surface area contributed by atoms with E-state index in [-0.39, 0.29) is 17.7 Å². The zero-order valence-electron chi connectivity index (χ0n) is 9.28. The van der Waals surface area contributed by atoms with Crippen molar-refractivity contribution in [2.45, 2.75) is 0 Å². The standard InChI is InChI=1S/C11H10Cl2N2O2S/c12-7-1-2-8(13)9(5-7)14-10(16)6-15-3-4-18-11(15)17/h1-2,5H,3-4,6H2,(H,14,16). The van der Waals surface area contributed by atoms with Crippen LogP contribution in [0.4, 0.5) is 10.5 Å². The van der Waals surface area contributed by atoms with Crippen LogP contribution < -0.4 is 5.32 Å². The van der Waals surface area contributed by atoms with Crippen LogP contribution in [-0.4, -0.2) is 34.9 Å². The highest BCUT2D eigenvalue weighted by atomic mass is 35.5. The van der Waals surface area contributed by atoms with Crippen LogP contribution >= 0.6 is 35.0 Å². The van der Waals surface area contributed by atoms with Crippen LogP contribution in [0.2, 0.25) is 10.0 Å². The highest BCUT2D eigenvalue weighted by molar-refractivity contribution is 8.13. The molecule has 96 valence electrons. The second kappa shape index (κ2) is 5.82. The molecule has 0 radical (unpaired) electrons. The quantitative estimate of drug-likeness (QED) is 0.933. The van der Waals surface area contributed by atoms with E-state index >= 15 is 0 Å². The van der Waals surface area contributed by atoms with Crippen LogP contribution in [0.3, 0.4) is 0 Å². The van der Waals surface area contributed by atoms with E-state index in [1.165, 1.54) is 16.7 Å². The van der Waals surface area contributed by atoms with Crippen molar-refractivity contribution in [3.8, 4) is 0 Å². The Morgan fingerprint density at radius 1 is 1.44 bits per heavy atom. The Balaban J connectivity index is 1.98. The molecule has 1 fully saturated rings. The van der Waals surface area contributed by atoms with Gasteiger partial charge in [-0.25, -0.2) is 0 Å². The molecule has 1 saturated heterocycles. The van der Waals surface area contributed by atoms with Gasteiger partial charge in [0.25, 0.3) is 5.24 Å². The van der Waals surface area contributed by atoms with E-state index in [1.54, 1.807) is 18.2 Å². The van der Waals surface area contributed by atoms with Gasteiger partial charge in [-0.1, -0.05) is 35.0 Å². The molecule has 0 saturated carbocycles. The molecule has 1 heterocycles. The number of anilines is 1. The van der Waals surface area contributed by atoms with Crippen molar-refractivity contribution in [2.75, 3.05) is 24.2 Å². The highest BCUT2D eigenvalue weighted by Gasteiger charge is 2.23. The van der Waals surface area contributed by atoms with E-state index in [0.717, 1.165) is 5.75 Å².